The summed E-state index contributed by atoms with van der Waals surface area (Å²) in [5.41, 5.74) is 0. The highest BCUT2D eigenvalue weighted by Gasteiger charge is 2.50. The van der Waals surface area contributed by atoms with E-state index >= 15 is 0 Å². The van der Waals surface area contributed by atoms with Crippen LogP contribution in [0.5, 0.6) is 0 Å². The average molecular weight is 405 g/mol. The quantitative estimate of drug-likeness (QED) is 0.593. The molecule has 1 unspecified atom stereocenters. The highest BCUT2D eigenvalue weighted by atomic mass is 32.2. The van der Waals surface area contributed by atoms with Gasteiger partial charge < -0.3 is 4.74 Å². The predicted molar refractivity (Wildman–Crippen MR) is 114 cm³/mol. The van der Waals surface area contributed by atoms with E-state index in [9.17, 15) is 9.00 Å². The van der Waals surface area contributed by atoms with Crippen LogP contribution in [-0.2, 0) is 19.4 Å². The minimum Gasteiger partial charge on any atom is -0.469 e. The molecule has 0 aromatic heterocycles. The van der Waals surface area contributed by atoms with E-state index in [4.69, 9.17) is 9.17 Å². The molecule has 2 aromatic rings. The van der Waals surface area contributed by atoms with Crippen molar-refractivity contribution < 1.29 is 13.7 Å². The molecule has 0 radical (unpaired) electrons. The molecule has 7 heteroatoms. The van der Waals surface area contributed by atoms with Crippen molar-refractivity contribution in [2.45, 2.75) is 32.2 Å². The Bertz CT molecular complexity index is 847. The minimum absolute atomic E-state index is 0.0203. The number of ether oxygens (including phenoxy) is 1. The Labute approximate surface area is 163 Å². The Kier molecular flexibility index (Phi) is 6.62. The second-order valence-electron chi connectivity index (χ2n) is 7.50. The van der Waals surface area contributed by atoms with Crippen LogP contribution in [0.2, 0.25) is 5.04 Å². The number of rotatable bonds is 6. The molecule has 0 spiro atoms. The van der Waals surface area contributed by atoms with E-state index in [1.807, 2.05) is 60.7 Å². The fraction of sp³-hybridized carbons (Fsp3) is 0.350. The zero-order chi connectivity index (χ0) is 20.1. The van der Waals surface area contributed by atoms with Crippen molar-refractivity contribution in [2.24, 2.45) is 9.17 Å². The first-order valence-corrected chi connectivity index (χ1v) is 12.5. The van der Waals surface area contributed by atoms with Crippen LogP contribution in [0.1, 0.15) is 27.2 Å². The first-order valence-electron chi connectivity index (χ1n) is 8.84. The molecule has 0 aliphatic rings. The molecule has 1 atom stereocenters. The van der Waals surface area contributed by atoms with Crippen LogP contribution in [0.15, 0.2) is 64.7 Å². The molecule has 5 nitrogen and oxygen atoms in total. The van der Waals surface area contributed by atoms with Crippen molar-refractivity contribution >= 4 is 34.5 Å². The second kappa shape index (κ2) is 8.37. The third-order valence-corrected chi connectivity index (χ3v) is 12.2. The van der Waals surface area contributed by atoms with Gasteiger partial charge in [-0.2, -0.15) is 0 Å². The van der Waals surface area contributed by atoms with Gasteiger partial charge in [0.25, 0.3) is 8.24 Å². The molecule has 0 saturated heterocycles. The second-order valence-corrected chi connectivity index (χ2v) is 14.1. The van der Waals surface area contributed by atoms with E-state index in [-0.39, 0.29) is 17.2 Å². The number of nitrogens with zero attached hydrogens (tertiary/aromatic N) is 1. The van der Waals surface area contributed by atoms with Gasteiger partial charge in [-0.15, -0.1) is 0 Å². The number of nitrogens with two attached hydrogens (primary N) is 1. The predicted octanol–water partition coefficient (Wildman–Crippen LogP) is 2.45. The standard InChI is InChI=1S/C20H28N2O3SSi/c1-20(2,3)27(17-11-7-5-8-12-17,18-13-9-6-10-14-18)22-26(21,24)16-15-19(23)25-4/h5-14H,15-16H2,1-4H3,(H2,21,22,24). The summed E-state index contributed by atoms with van der Waals surface area (Å²) in [7, 11) is -4.68. The van der Waals surface area contributed by atoms with E-state index in [1.165, 1.54) is 7.11 Å². The van der Waals surface area contributed by atoms with Crippen LogP contribution in [0.4, 0.5) is 0 Å². The minimum atomic E-state index is -3.09. The van der Waals surface area contributed by atoms with E-state index in [2.05, 4.69) is 25.5 Å². The lowest BCUT2D eigenvalue weighted by atomic mass is 10.2. The molecule has 0 amide bonds. The lowest BCUT2D eigenvalue weighted by molar-refractivity contribution is -0.140. The number of hydrogen-bond acceptors (Lipinski definition) is 4. The maximum atomic E-state index is 13.3. The van der Waals surface area contributed by atoms with Crippen molar-refractivity contribution in [3.8, 4) is 0 Å². The van der Waals surface area contributed by atoms with Gasteiger partial charge in [0.1, 0.15) is 0 Å². The Hall–Kier alpha value is -1.96. The molecular weight excluding hydrogens is 376 g/mol. The van der Waals surface area contributed by atoms with Crippen molar-refractivity contribution in [3.05, 3.63) is 60.7 Å². The lowest BCUT2D eigenvalue weighted by Crippen LogP contribution is -2.64. The van der Waals surface area contributed by atoms with Gasteiger partial charge >= 0.3 is 5.97 Å². The third kappa shape index (κ3) is 4.85. The van der Waals surface area contributed by atoms with Crippen LogP contribution in [0.3, 0.4) is 0 Å². The molecule has 0 bridgehead atoms. The van der Waals surface area contributed by atoms with Gasteiger partial charge in [0.05, 0.1) is 29.2 Å². The van der Waals surface area contributed by atoms with Gasteiger partial charge in [-0.25, -0.2) is 9.35 Å². The smallest absolute Gasteiger partial charge is 0.306 e. The van der Waals surface area contributed by atoms with Crippen molar-refractivity contribution in [1.82, 2.24) is 0 Å². The van der Waals surface area contributed by atoms with Gasteiger partial charge in [0.2, 0.25) is 0 Å². The summed E-state index contributed by atoms with van der Waals surface area (Å²) in [5, 5.41) is 7.96. The maximum Gasteiger partial charge on any atom is 0.306 e. The molecule has 0 heterocycles. The van der Waals surface area contributed by atoms with Crippen molar-refractivity contribution in [3.63, 3.8) is 0 Å². The highest BCUT2D eigenvalue weighted by Crippen LogP contribution is 2.37. The van der Waals surface area contributed by atoms with Gasteiger partial charge in [0, 0.05) is 0 Å². The average Bonchev–Trinajstić information content (AvgIpc) is 2.64. The number of methoxy groups -OCH3 is 1. The van der Waals surface area contributed by atoms with E-state index < -0.39 is 24.1 Å². The largest absolute Gasteiger partial charge is 0.469 e. The van der Waals surface area contributed by atoms with E-state index in [1.54, 1.807) is 0 Å². The molecular formula is C20H28N2O3SSi. The SMILES string of the molecule is COC(=O)CCS(N)(=O)=N[Si](c1ccccc1)(c1ccccc1)C(C)(C)C. The fourth-order valence-corrected chi connectivity index (χ4v) is 11.3. The Morgan fingerprint density at radius 3 is 1.85 bits per heavy atom. The van der Waals surface area contributed by atoms with Gasteiger partial charge in [-0.05, 0) is 15.4 Å². The van der Waals surface area contributed by atoms with Gasteiger partial charge in [0.15, 0.2) is 0 Å². The van der Waals surface area contributed by atoms with E-state index in [0.29, 0.717) is 0 Å². The van der Waals surface area contributed by atoms with E-state index in [0.717, 1.165) is 10.4 Å². The molecule has 27 heavy (non-hydrogen) atoms. The summed E-state index contributed by atoms with van der Waals surface area (Å²) >= 11 is 0. The molecule has 146 valence electrons. The molecule has 0 saturated carbocycles. The molecule has 0 aliphatic carbocycles. The molecule has 2 N–H and O–H groups in total. The monoisotopic (exact) mass is 404 g/mol. The lowest BCUT2D eigenvalue weighted by Gasteiger charge is -2.40. The number of carbonyl (C=O) groups excluding carboxylic acids is 1. The molecule has 2 aromatic carbocycles. The number of carbonyl (C=O) groups is 1. The van der Waals surface area contributed by atoms with Gasteiger partial charge in [-0.1, -0.05) is 81.4 Å². The summed E-state index contributed by atoms with van der Waals surface area (Å²) in [6, 6.07) is 19.9. The summed E-state index contributed by atoms with van der Waals surface area (Å²) in [5.74, 6) is -0.463. The molecule has 2 rings (SSSR count). The van der Waals surface area contributed by atoms with Crippen LogP contribution in [-0.4, -0.2) is 31.3 Å². The highest BCUT2D eigenvalue weighted by molar-refractivity contribution is 7.92. The van der Waals surface area contributed by atoms with Crippen LogP contribution in [0, 0.1) is 0 Å². The van der Waals surface area contributed by atoms with Crippen LogP contribution < -0.4 is 15.5 Å². The normalized spacial score (nSPS) is 14.3. The maximum absolute atomic E-state index is 13.3. The van der Waals surface area contributed by atoms with Gasteiger partial charge in [-0.3, -0.25) is 8.82 Å². The third-order valence-electron chi connectivity index (χ3n) is 4.59. The van der Waals surface area contributed by atoms with Crippen molar-refractivity contribution in [1.29, 1.82) is 0 Å². The Balaban J connectivity index is 2.75. The number of hydrogen-bond donors (Lipinski definition) is 1. The zero-order valence-electron chi connectivity index (χ0n) is 16.3. The first kappa shape index (κ1) is 21.3. The summed E-state index contributed by atoms with van der Waals surface area (Å²) in [6.45, 7) is 6.33. The molecule has 0 aliphatic heterocycles. The first-order chi connectivity index (χ1) is 12.6. The topological polar surface area (TPSA) is 81.8 Å². The Morgan fingerprint density at radius 2 is 1.48 bits per heavy atom. The van der Waals surface area contributed by atoms with Crippen LogP contribution in [0.25, 0.3) is 0 Å². The zero-order valence-corrected chi connectivity index (χ0v) is 18.2. The number of benzene rings is 2. The fourth-order valence-electron chi connectivity index (χ4n) is 3.24. The van der Waals surface area contributed by atoms with Crippen LogP contribution >= 0.6 is 0 Å². The molecule has 0 fully saturated rings. The number of esters is 1. The summed E-state index contributed by atoms with van der Waals surface area (Å²) in [4.78, 5) is 11.5. The van der Waals surface area contributed by atoms with Crippen molar-refractivity contribution in [2.75, 3.05) is 12.9 Å². The summed E-state index contributed by atoms with van der Waals surface area (Å²) in [6.07, 6.45) is -0.0203. The summed E-state index contributed by atoms with van der Waals surface area (Å²) < 4.78 is 22.8. The Morgan fingerprint density at radius 1 is 1.04 bits per heavy atom.